The van der Waals surface area contributed by atoms with E-state index in [9.17, 15) is 4.79 Å². The number of ether oxygens (including phenoxy) is 1. The van der Waals surface area contributed by atoms with E-state index in [-0.39, 0.29) is 0 Å². The highest BCUT2D eigenvalue weighted by atomic mass is 35.5. The fraction of sp³-hybridized carbons (Fsp3) is 0.250. The van der Waals surface area contributed by atoms with Gasteiger partial charge in [-0.3, -0.25) is 4.98 Å². The molecule has 0 saturated carbocycles. The van der Waals surface area contributed by atoms with Gasteiger partial charge in [0.25, 0.3) is 0 Å². The summed E-state index contributed by atoms with van der Waals surface area (Å²) in [7, 11) is 0. The first-order valence-corrected chi connectivity index (χ1v) is 3.88. The zero-order valence-corrected chi connectivity index (χ0v) is 7.12. The molecule has 0 aliphatic carbocycles. The molecule has 0 spiro atoms. The van der Waals surface area contributed by atoms with Crippen molar-refractivity contribution in [2.24, 2.45) is 0 Å². The van der Waals surface area contributed by atoms with Gasteiger partial charge in [0.1, 0.15) is 0 Å². The standard InChI is InChI=1S/C8H8ClNO2/c9-8(11)12-5-3-7-2-1-4-10-6-7/h1-2,4,6H,3,5H2. The Kier molecular flexibility index (Phi) is 3.54. The number of hydrogen-bond acceptors (Lipinski definition) is 3. The molecule has 0 fully saturated rings. The van der Waals surface area contributed by atoms with Gasteiger partial charge in [0.05, 0.1) is 6.61 Å². The minimum atomic E-state index is -0.765. The molecule has 0 atom stereocenters. The van der Waals surface area contributed by atoms with Crippen molar-refractivity contribution in [1.29, 1.82) is 0 Å². The second kappa shape index (κ2) is 4.72. The number of aromatic nitrogens is 1. The van der Waals surface area contributed by atoms with Crippen molar-refractivity contribution in [3.63, 3.8) is 0 Å². The summed E-state index contributed by atoms with van der Waals surface area (Å²) in [5.41, 5.74) is 0.259. The van der Waals surface area contributed by atoms with Crippen LogP contribution in [-0.4, -0.2) is 17.0 Å². The number of carbonyl (C=O) groups excluding carboxylic acids is 1. The van der Waals surface area contributed by atoms with Crippen molar-refractivity contribution in [3.8, 4) is 0 Å². The van der Waals surface area contributed by atoms with Crippen LogP contribution in [0.5, 0.6) is 0 Å². The predicted molar refractivity (Wildman–Crippen MR) is 45.1 cm³/mol. The van der Waals surface area contributed by atoms with Crippen molar-refractivity contribution in [2.45, 2.75) is 6.42 Å². The van der Waals surface area contributed by atoms with E-state index in [2.05, 4.69) is 9.72 Å². The summed E-state index contributed by atoms with van der Waals surface area (Å²) in [4.78, 5) is 14.1. The van der Waals surface area contributed by atoms with Crippen LogP contribution >= 0.6 is 11.6 Å². The van der Waals surface area contributed by atoms with E-state index in [4.69, 9.17) is 11.6 Å². The quantitative estimate of drug-likeness (QED) is 0.677. The largest absolute Gasteiger partial charge is 0.453 e. The number of carbonyl (C=O) groups is 1. The van der Waals surface area contributed by atoms with Crippen molar-refractivity contribution in [1.82, 2.24) is 4.98 Å². The van der Waals surface area contributed by atoms with Crippen LogP contribution < -0.4 is 0 Å². The highest BCUT2D eigenvalue weighted by molar-refractivity contribution is 6.61. The predicted octanol–water partition coefficient (Wildman–Crippen LogP) is 2.00. The maximum atomic E-state index is 10.2. The van der Waals surface area contributed by atoms with E-state index in [1.807, 2.05) is 12.1 Å². The van der Waals surface area contributed by atoms with Gasteiger partial charge in [-0.2, -0.15) is 0 Å². The van der Waals surface area contributed by atoms with E-state index < -0.39 is 5.43 Å². The van der Waals surface area contributed by atoms with E-state index in [1.165, 1.54) is 0 Å². The lowest BCUT2D eigenvalue weighted by atomic mass is 10.2. The van der Waals surface area contributed by atoms with Gasteiger partial charge in [0.15, 0.2) is 0 Å². The van der Waals surface area contributed by atoms with Crippen LogP contribution in [0.2, 0.25) is 0 Å². The van der Waals surface area contributed by atoms with Gasteiger partial charge in [-0.25, -0.2) is 4.79 Å². The molecule has 1 rings (SSSR count). The molecule has 0 radical (unpaired) electrons. The first kappa shape index (κ1) is 9.00. The van der Waals surface area contributed by atoms with Gasteiger partial charge in [-0.15, -0.1) is 0 Å². The zero-order valence-electron chi connectivity index (χ0n) is 6.37. The number of rotatable bonds is 3. The van der Waals surface area contributed by atoms with Crippen LogP contribution in [0.4, 0.5) is 4.79 Å². The second-order valence-electron chi connectivity index (χ2n) is 2.20. The molecule has 0 aliphatic rings. The lowest BCUT2D eigenvalue weighted by Crippen LogP contribution is -2.00. The van der Waals surface area contributed by atoms with Crippen LogP contribution in [0.1, 0.15) is 5.56 Å². The topological polar surface area (TPSA) is 39.2 Å². The summed E-state index contributed by atoms with van der Waals surface area (Å²) in [6, 6.07) is 3.74. The van der Waals surface area contributed by atoms with Gasteiger partial charge in [-0.05, 0) is 11.6 Å². The van der Waals surface area contributed by atoms with E-state index in [1.54, 1.807) is 12.4 Å². The van der Waals surface area contributed by atoms with Crippen molar-refractivity contribution >= 4 is 17.0 Å². The van der Waals surface area contributed by atoms with E-state index in [0.29, 0.717) is 13.0 Å². The molecule has 0 N–H and O–H groups in total. The Morgan fingerprint density at radius 2 is 2.50 bits per heavy atom. The Hall–Kier alpha value is -1.09. The third-order valence-electron chi connectivity index (χ3n) is 1.33. The fourth-order valence-corrected chi connectivity index (χ4v) is 0.872. The van der Waals surface area contributed by atoms with Crippen LogP contribution in [-0.2, 0) is 11.2 Å². The monoisotopic (exact) mass is 185 g/mol. The maximum Gasteiger partial charge on any atom is 0.403 e. The summed E-state index contributed by atoms with van der Waals surface area (Å²) in [5.74, 6) is 0. The van der Waals surface area contributed by atoms with E-state index in [0.717, 1.165) is 5.56 Å². The normalized spacial score (nSPS) is 9.42. The molecule has 0 unspecified atom stereocenters. The molecular weight excluding hydrogens is 178 g/mol. The molecule has 0 aliphatic heterocycles. The summed E-state index contributed by atoms with van der Waals surface area (Å²) in [6.45, 7) is 0.300. The molecule has 0 saturated heterocycles. The summed E-state index contributed by atoms with van der Waals surface area (Å²) in [6.07, 6.45) is 4.06. The van der Waals surface area contributed by atoms with Crippen molar-refractivity contribution in [3.05, 3.63) is 30.1 Å². The molecule has 0 aromatic carbocycles. The molecule has 0 bridgehead atoms. The molecule has 3 nitrogen and oxygen atoms in total. The second-order valence-corrected chi connectivity index (χ2v) is 2.51. The fourth-order valence-electron chi connectivity index (χ4n) is 0.795. The van der Waals surface area contributed by atoms with Crippen LogP contribution in [0.15, 0.2) is 24.5 Å². The average Bonchev–Trinajstić information content (AvgIpc) is 2.05. The first-order chi connectivity index (χ1) is 5.79. The molecule has 1 aromatic heterocycles. The lowest BCUT2D eigenvalue weighted by Gasteiger charge is -1.99. The van der Waals surface area contributed by atoms with Gasteiger partial charge in [0.2, 0.25) is 0 Å². The van der Waals surface area contributed by atoms with Crippen LogP contribution in [0.25, 0.3) is 0 Å². The molecule has 1 aromatic rings. The highest BCUT2D eigenvalue weighted by Crippen LogP contribution is 1.98. The van der Waals surface area contributed by atoms with Gasteiger partial charge >= 0.3 is 5.43 Å². The minimum absolute atomic E-state index is 0.300. The maximum absolute atomic E-state index is 10.2. The lowest BCUT2D eigenvalue weighted by molar-refractivity contribution is 0.175. The Balaban J connectivity index is 2.29. The number of hydrogen-bond donors (Lipinski definition) is 0. The van der Waals surface area contributed by atoms with Crippen molar-refractivity contribution in [2.75, 3.05) is 6.61 Å². The molecule has 12 heavy (non-hydrogen) atoms. The Morgan fingerprint density at radius 1 is 1.67 bits per heavy atom. The molecule has 1 heterocycles. The summed E-state index contributed by atoms with van der Waals surface area (Å²) in [5, 5.41) is 0. The summed E-state index contributed by atoms with van der Waals surface area (Å²) < 4.78 is 4.54. The smallest absolute Gasteiger partial charge is 0.403 e. The van der Waals surface area contributed by atoms with Crippen LogP contribution in [0.3, 0.4) is 0 Å². The Morgan fingerprint density at radius 3 is 3.08 bits per heavy atom. The number of halogens is 1. The number of nitrogens with zero attached hydrogens (tertiary/aromatic N) is 1. The number of pyridine rings is 1. The first-order valence-electron chi connectivity index (χ1n) is 3.50. The van der Waals surface area contributed by atoms with Gasteiger partial charge in [-0.1, -0.05) is 6.07 Å². The van der Waals surface area contributed by atoms with Gasteiger partial charge in [0, 0.05) is 30.4 Å². The molecule has 4 heteroatoms. The minimum Gasteiger partial charge on any atom is -0.453 e. The average molecular weight is 186 g/mol. The Labute approximate surface area is 75.3 Å². The Bertz CT molecular complexity index is 250. The zero-order chi connectivity index (χ0) is 8.81. The third-order valence-corrected chi connectivity index (χ3v) is 1.44. The van der Waals surface area contributed by atoms with Gasteiger partial charge < -0.3 is 4.74 Å². The molecular formula is C8H8ClNO2. The highest BCUT2D eigenvalue weighted by Gasteiger charge is 1.96. The third kappa shape index (κ3) is 3.34. The van der Waals surface area contributed by atoms with Crippen LogP contribution in [0, 0.1) is 0 Å². The van der Waals surface area contributed by atoms with Crippen molar-refractivity contribution < 1.29 is 9.53 Å². The van der Waals surface area contributed by atoms with E-state index >= 15 is 0 Å². The summed E-state index contributed by atoms with van der Waals surface area (Å²) >= 11 is 4.97. The SMILES string of the molecule is O=C(Cl)OCCc1cccnc1. The molecule has 64 valence electrons. The molecule has 0 amide bonds.